The van der Waals surface area contributed by atoms with Gasteiger partial charge in [0.15, 0.2) is 5.16 Å². The van der Waals surface area contributed by atoms with Crippen LogP contribution in [-0.2, 0) is 0 Å². The number of nitriles is 1. The minimum absolute atomic E-state index is 0.648. The Bertz CT molecular complexity index is 777. The number of anilines is 2. The molecule has 0 radical (unpaired) electrons. The van der Waals surface area contributed by atoms with Gasteiger partial charge in [-0.1, -0.05) is 11.8 Å². The Labute approximate surface area is 146 Å². The summed E-state index contributed by atoms with van der Waals surface area (Å²) < 4.78 is 0. The van der Waals surface area contributed by atoms with E-state index in [9.17, 15) is 0 Å². The zero-order valence-electron chi connectivity index (χ0n) is 14.2. The van der Waals surface area contributed by atoms with Gasteiger partial charge < -0.3 is 9.80 Å². The van der Waals surface area contributed by atoms with Gasteiger partial charge in [0.05, 0.1) is 11.6 Å². The normalized spacial score (nSPS) is 14.6. The van der Waals surface area contributed by atoms with Gasteiger partial charge >= 0.3 is 0 Å². The van der Waals surface area contributed by atoms with Crippen LogP contribution < -0.4 is 9.80 Å². The maximum absolute atomic E-state index is 9.04. The SMILES string of the molecule is CSc1nc(C)c(C)c(N2CCN(c3cc(C#N)ccn3)CC2)n1. The largest absolute Gasteiger partial charge is 0.353 e. The van der Waals surface area contributed by atoms with Gasteiger partial charge in [-0.2, -0.15) is 5.26 Å². The summed E-state index contributed by atoms with van der Waals surface area (Å²) in [6, 6.07) is 5.75. The second-order valence-corrected chi connectivity index (χ2v) is 6.51. The lowest BCUT2D eigenvalue weighted by Gasteiger charge is -2.36. The molecule has 1 fully saturated rings. The van der Waals surface area contributed by atoms with Crippen molar-refractivity contribution in [2.75, 3.05) is 42.2 Å². The first-order chi connectivity index (χ1) is 11.6. The predicted molar refractivity (Wildman–Crippen MR) is 96.7 cm³/mol. The molecule has 0 N–H and O–H groups in total. The maximum Gasteiger partial charge on any atom is 0.189 e. The fraction of sp³-hybridized carbons (Fsp3) is 0.412. The molecule has 7 heteroatoms. The number of aromatic nitrogens is 3. The van der Waals surface area contributed by atoms with Crippen LogP contribution in [-0.4, -0.2) is 47.4 Å². The molecular weight excluding hydrogens is 320 g/mol. The summed E-state index contributed by atoms with van der Waals surface area (Å²) in [5.74, 6) is 1.90. The summed E-state index contributed by atoms with van der Waals surface area (Å²) >= 11 is 1.57. The van der Waals surface area contributed by atoms with E-state index in [-0.39, 0.29) is 0 Å². The third-order valence-corrected chi connectivity index (χ3v) is 4.85. The fourth-order valence-electron chi connectivity index (χ4n) is 2.80. The summed E-state index contributed by atoms with van der Waals surface area (Å²) in [7, 11) is 0. The molecule has 0 unspecified atom stereocenters. The fourth-order valence-corrected chi connectivity index (χ4v) is 3.20. The molecule has 0 atom stereocenters. The lowest BCUT2D eigenvalue weighted by atomic mass is 10.2. The lowest BCUT2D eigenvalue weighted by molar-refractivity contribution is 0.635. The predicted octanol–water partition coefficient (Wildman–Crippen LogP) is 2.41. The Balaban J connectivity index is 1.76. The monoisotopic (exact) mass is 340 g/mol. The number of piperazine rings is 1. The van der Waals surface area contributed by atoms with Crippen LogP contribution in [0.2, 0.25) is 0 Å². The van der Waals surface area contributed by atoms with E-state index in [2.05, 4.69) is 32.8 Å². The van der Waals surface area contributed by atoms with E-state index in [0.29, 0.717) is 5.56 Å². The van der Waals surface area contributed by atoms with Gasteiger partial charge in [0, 0.05) is 43.6 Å². The average molecular weight is 340 g/mol. The molecule has 0 aromatic carbocycles. The second-order valence-electron chi connectivity index (χ2n) is 5.73. The molecule has 0 aliphatic carbocycles. The number of hydrogen-bond acceptors (Lipinski definition) is 7. The van der Waals surface area contributed by atoms with Crippen LogP contribution in [0.5, 0.6) is 0 Å². The number of rotatable bonds is 3. The van der Waals surface area contributed by atoms with Gasteiger partial charge in [-0.25, -0.2) is 15.0 Å². The van der Waals surface area contributed by atoms with Crippen LogP contribution >= 0.6 is 11.8 Å². The molecule has 0 spiro atoms. The van der Waals surface area contributed by atoms with Gasteiger partial charge in [-0.15, -0.1) is 0 Å². The van der Waals surface area contributed by atoms with E-state index in [0.717, 1.165) is 54.2 Å². The van der Waals surface area contributed by atoms with Crippen molar-refractivity contribution >= 4 is 23.4 Å². The van der Waals surface area contributed by atoms with Crippen molar-refractivity contribution < 1.29 is 0 Å². The molecule has 24 heavy (non-hydrogen) atoms. The Morgan fingerprint density at radius 1 is 1.12 bits per heavy atom. The van der Waals surface area contributed by atoms with Crippen molar-refractivity contribution in [3.8, 4) is 6.07 Å². The number of thioether (sulfide) groups is 1. The van der Waals surface area contributed by atoms with Crippen molar-refractivity contribution in [1.82, 2.24) is 15.0 Å². The van der Waals surface area contributed by atoms with E-state index in [4.69, 9.17) is 10.2 Å². The van der Waals surface area contributed by atoms with Crippen molar-refractivity contribution in [2.45, 2.75) is 19.0 Å². The van der Waals surface area contributed by atoms with Crippen molar-refractivity contribution in [2.24, 2.45) is 0 Å². The second kappa shape index (κ2) is 7.05. The van der Waals surface area contributed by atoms with Crippen molar-refractivity contribution in [3.63, 3.8) is 0 Å². The molecule has 1 saturated heterocycles. The van der Waals surface area contributed by atoms with E-state index >= 15 is 0 Å². The highest BCUT2D eigenvalue weighted by Crippen LogP contribution is 2.25. The third-order valence-electron chi connectivity index (χ3n) is 4.30. The minimum Gasteiger partial charge on any atom is -0.353 e. The number of pyridine rings is 1. The van der Waals surface area contributed by atoms with Gasteiger partial charge in [-0.3, -0.25) is 0 Å². The standard InChI is InChI=1S/C17H20N6S/c1-12-13(2)20-17(24-3)21-16(12)23-8-6-22(7-9-23)15-10-14(11-18)4-5-19-15/h4-5,10H,6-9H2,1-3H3. The topological polar surface area (TPSA) is 68.9 Å². The summed E-state index contributed by atoms with van der Waals surface area (Å²) in [5, 5.41) is 9.85. The molecule has 0 saturated carbocycles. The smallest absolute Gasteiger partial charge is 0.189 e. The van der Waals surface area contributed by atoms with E-state index < -0.39 is 0 Å². The first kappa shape index (κ1) is 16.5. The highest BCUT2D eigenvalue weighted by molar-refractivity contribution is 7.98. The molecule has 0 amide bonds. The van der Waals surface area contributed by atoms with Crippen LogP contribution in [0.4, 0.5) is 11.6 Å². The third kappa shape index (κ3) is 3.29. The highest BCUT2D eigenvalue weighted by Gasteiger charge is 2.22. The first-order valence-electron chi connectivity index (χ1n) is 7.87. The van der Waals surface area contributed by atoms with Crippen LogP contribution in [0.25, 0.3) is 0 Å². The molecule has 6 nitrogen and oxygen atoms in total. The Kier molecular flexibility index (Phi) is 4.86. The van der Waals surface area contributed by atoms with Gasteiger partial charge in [0.25, 0.3) is 0 Å². The van der Waals surface area contributed by atoms with Gasteiger partial charge in [0.1, 0.15) is 11.6 Å². The zero-order chi connectivity index (χ0) is 17.1. The number of aryl methyl sites for hydroxylation is 1. The van der Waals surface area contributed by atoms with Gasteiger partial charge in [0.2, 0.25) is 0 Å². The van der Waals surface area contributed by atoms with Crippen LogP contribution in [0.1, 0.15) is 16.8 Å². The summed E-state index contributed by atoms with van der Waals surface area (Å²) in [6.07, 6.45) is 3.70. The quantitative estimate of drug-likeness (QED) is 0.628. The molecule has 1 aliphatic rings. The zero-order valence-corrected chi connectivity index (χ0v) is 15.0. The average Bonchev–Trinajstić information content (AvgIpc) is 2.64. The Hall–Kier alpha value is -2.33. The highest BCUT2D eigenvalue weighted by atomic mass is 32.2. The van der Waals surface area contributed by atoms with E-state index in [1.807, 2.05) is 19.2 Å². The molecular formula is C17H20N6S. The van der Waals surface area contributed by atoms with Crippen LogP contribution in [0, 0.1) is 25.2 Å². The Morgan fingerprint density at radius 3 is 2.50 bits per heavy atom. The van der Waals surface area contributed by atoms with Gasteiger partial charge in [-0.05, 0) is 32.2 Å². The molecule has 1 aliphatic heterocycles. The van der Waals surface area contributed by atoms with E-state index in [1.54, 1.807) is 24.0 Å². The molecule has 3 rings (SSSR count). The lowest BCUT2D eigenvalue weighted by Crippen LogP contribution is -2.47. The summed E-state index contributed by atoms with van der Waals surface area (Å²) in [4.78, 5) is 18.1. The minimum atomic E-state index is 0.648. The molecule has 3 heterocycles. The van der Waals surface area contributed by atoms with Crippen molar-refractivity contribution in [3.05, 3.63) is 35.2 Å². The summed E-state index contributed by atoms with van der Waals surface area (Å²) in [5.41, 5.74) is 2.83. The summed E-state index contributed by atoms with van der Waals surface area (Å²) in [6.45, 7) is 7.60. The van der Waals surface area contributed by atoms with Crippen LogP contribution in [0.15, 0.2) is 23.5 Å². The van der Waals surface area contributed by atoms with Crippen molar-refractivity contribution in [1.29, 1.82) is 5.26 Å². The maximum atomic E-state index is 9.04. The molecule has 124 valence electrons. The number of nitrogens with zero attached hydrogens (tertiary/aromatic N) is 6. The van der Waals surface area contributed by atoms with Crippen LogP contribution in [0.3, 0.4) is 0 Å². The molecule has 0 bridgehead atoms. The van der Waals surface area contributed by atoms with E-state index in [1.165, 1.54) is 0 Å². The first-order valence-corrected chi connectivity index (χ1v) is 9.10. The molecule has 2 aromatic rings. The number of hydrogen-bond donors (Lipinski definition) is 0. The molecule has 2 aromatic heterocycles. The Morgan fingerprint density at radius 2 is 1.83 bits per heavy atom.